The Morgan fingerprint density at radius 1 is 1.53 bits per heavy atom. The van der Waals surface area contributed by atoms with E-state index in [9.17, 15) is 9.59 Å². The summed E-state index contributed by atoms with van der Waals surface area (Å²) in [5, 5.41) is 9.13. The molecule has 1 aliphatic rings. The third kappa shape index (κ3) is 2.36. The van der Waals surface area contributed by atoms with Crippen LogP contribution in [-0.4, -0.2) is 45.1 Å². The lowest BCUT2D eigenvalue weighted by Gasteiger charge is -2.36. The molecule has 0 spiro atoms. The number of hydrogen-bond donors (Lipinski definition) is 2. The molecule has 2 N–H and O–H groups in total. The number of carbonyl (C=O) groups excluding carboxylic acids is 1. The van der Waals surface area contributed by atoms with Crippen LogP contribution in [0.2, 0.25) is 0 Å². The Hall–Kier alpha value is -1.69. The lowest BCUT2D eigenvalue weighted by molar-refractivity contribution is -0.140. The average molecular weight is 237 g/mol. The van der Waals surface area contributed by atoms with Gasteiger partial charge in [0.25, 0.3) is 0 Å². The van der Waals surface area contributed by atoms with Crippen molar-refractivity contribution in [1.29, 1.82) is 0 Å². The van der Waals surface area contributed by atoms with E-state index in [1.165, 1.54) is 0 Å². The van der Waals surface area contributed by atoms with Gasteiger partial charge in [-0.05, 0) is 13.8 Å². The highest BCUT2D eigenvalue weighted by Crippen LogP contribution is 2.13. The van der Waals surface area contributed by atoms with Crippen LogP contribution in [0.1, 0.15) is 17.0 Å². The van der Waals surface area contributed by atoms with Crippen LogP contribution < -0.4 is 5.69 Å². The molecule has 17 heavy (non-hydrogen) atoms. The summed E-state index contributed by atoms with van der Waals surface area (Å²) in [6.45, 7) is 4.26. The zero-order chi connectivity index (χ0) is 12.6. The van der Waals surface area contributed by atoms with Gasteiger partial charge in [-0.3, -0.25) is 4.79 Å². The van der Waals surface area contributed by atoms with E-state index in [4.69, 9.17) is 5.11 Å². The molecule has 0 saturated carbocycles. The van der Waals surface area contributed by atoms with Crippen molar-refractivity contribution in [3.8, 4) is 0 Å². The quantitative estimate of drug-likeness (QED) is 0.700. The molecule has 0 aromatic carbocycles. The summed E-state index contributed by atoms with van der Waals surface area (Å²) >= 11 is 0. The summed E-state index contributed by atoms with van der Waals surface area (Å²) in [5.74, 6) is -0.0460. The highest BCUT2D eigenvalue weighted by Gasteiger charge is 2.29. The highest BCUT2D eigenvalue weighted by atomic mass is 16.3. The van der Waals surface area contributed by atoms with Gasteiger partial charge in [0.05, 0.1) is 12.5 Å². The van der Waals surface area contributed by atoms with Crippen molar-refractivity contribution < 1.29 is 9.90 Å². The lowest BCUT2D eigenvalue weighted by Crippen LogP contribution is -2.54. The zero-order valence-electron chi connectivity index (χ0n) is 9.86. The predicted molar refractivity (Wildman–Crippen MR) is 60.6 cm³/mol. The third-order valence-corrected chi connectivity index (χ3v) is 3.00. The predicted octanol–water partition coefficient (Wildman–Crippen LogP) is -0.868. The van der Waals surface area contributed by atoms with Crippen molar-refractivity contribution in [1.82, 2.24) is 14.9 Å². The van der Waals surface area contributed by atoms with Crippen LogP contribution in [-0.2, 0) is 11.2 Å². The Morgan fingerprint density at radius 2 is 2.18 bits per heavy atom. The van der Waals surface area contributed by atoms with Crippen LogP contribution in [0.4, 0.5) is 0 Å². The molecule has 1 fully saturated rings. The van der Waals surface area contributed by atoms with E-state index in [1.54, 1.807) is 18.7 Å². The van der Waals surface area contributed by atoms with Crippen molar-refractivity contribution >= 4 is 5.91 Å². The molecule has 0 atom stereocenters. The maximum Gasteiger partial charge on any atom is 0.345 e. The Morgan fingerprint density at radius 3 is 2.71 bits per heavy atom. The number of aryl methyl sites for hydroxylation is 2. The molecule has 1 saturated heterocycles. The Kier molecular flexibility index (Phi) is 2.97. The van der Waals surface area contributed by atoms with Gasteiger partial charge < -0.3 is 15.0 Å². The first kappa shape index (κ1) is 11.8. The number of aliphatic hydroxyl groups excluding tert-OH is 1. The molecular weight excluding hydrogens is 222 g/mol. The second-order valence-electron chi connectivity index (χ2n) is 4.36. The number of β-amino-alcohol motifs (C(OH)–C–C–N with tert-alkyl or cyclic N) is 1. The highest BCUT2D eigenvalue weighted by molar-refractivity contribution is 5.80. The van der Waals surface area contributed by atoms with E-state index in [0.717, 1.165) is 5.56 Å². The Bertz CT molecular complexity index is 477. The van der Waals surface area contributed by atoms with Crippen molar-refractivity contribution in [3.63, 3.8) is 0 Å². The number of nitrogens with one attached hydrogen (secondary N) is 1. The number of likely N-dealkylation sites (tertiary alicyclic amines) is 1. The largest absolute Gasteiger partial charge is 0.389 e. The molecule has 0 aliphatic carbocycles. The number of aromatic amines is 1. The zero-order valence-corrected chi connectivity index (χ0v) is 9.86. The lowest BCUT2D eigenvalue weighted by atomic mass is 10.1. The molecule has 6 heteroatoms. The van der Waals surface area contributed by atoms with Crippen molar-refractivity contribution in [2.24, 2.45) is 0 Å². The summed E-state index contributed by atoms with van der Waals surface area (Å²) in [5.41, 5.74) is 1.63. The summed E-state index contributed by atoms with van der Waals surface area (Å²) in [6, 6.07) is 0. The van der Waals surface area contributed by atoms with Crippen LogP contribution in [0, 0.1) is 13.8 Å². The third-order valence-electron chi connectivity index (χ3n) is 3.00. The van der Waals surface area contributed by atoms with Gasteiger partial charge in [-0.25, -0.2) is 4.79 Å². The van der Waals surface area contributed by atoms with E-state index in [0.29, 0.717) is 24.5 Å². The first-order valence-electron chi connectivity index (χ1n) is 5.49. The monoisotopic (exact) mass is 237 g/mol. The van der Waals surface area contributed by atoms with Crippen LogP contribution in [0.5, 0.6) is 0 Å². The maximum atomic E-state index is 11.8. The van der Waals surface area contributed by atoms with Gasteiger partial charge in [0.2, 0.25) is 5.91 Å². The van der Waals surface area contributed by atoms with E-state index >= 15 is 0 Å². The van der Waals surface area contributed by atoms with E-state index in [-0.39, 0.29) is 12.3 Å². The van der Waals surface area contributed by atoms with Crippen LogP contribution in [0.25, 0.3) is 0 Å². The van der Waals surface area contributed by atoms with E-state index in [1.807, 2.05) is 0 Å². The average Bonchev–Trinajstić information content (AvgIpc) is 2.18. The molecule has 1 aliphatic heterocycles. The van der Waals surface area contributed by atoms with Gasteiger partial charge in [-0.15, -0.1) is 0 Å². The van der Waals surface area contributed by atoms with Gasteiger partial charge in [0, 0.05) is 30.0 Å². The van der Waals surface area contributed by atoms with Gasteiger partial charge in [0.1, 0.15) is 0 Å². The molecular formula is C11H15N3O3. The van der Waals surface area contributed by atoms with Gasteiger partial charge in [-0.1, -0.05) is 0 Å². The minimum Gasteiger partial charge on any atom is -0.389 e. The van der Waals surface area contributed by atoms with E-state index in [2.05, 4.69) is 9.97 Å². The molecule has 0 radical (unpaired) electrons. The first-order valence-corrected chi connectivity index (χ1v) is 5.49. The van der Waals surface area contributed by atoms with Crippen LogP contribution in [0.15, 0.2) is 4.79 Å². The summed E-state index contributed by atoms with van der Waals surface area (Å²) in [4.78, 5) is 30.9. The van der Waals surface area contributed by atoms with Gasteiger partial charge in [0.15, 0.2) is 0 Å². The first-order chi connectivity index (χ1) is 7.97. The van der Waals surface area contributed by atoms with E-state index < -0.39 is 11.8 Å². The summed E-state index contributed by atoms with van der Waals surface area (Å²) in [7, 11) is 0. The minimum atomic E-state index is -0.394. The van der Waals surface area contributed by atoms with Crippen LogP contribution >= 0.6 is 0 Å². The number of amides is 1. The minimum absolute atomic E-state index is 0.0460. The molecule has 1 aromatic heterocycles. The number of hydrogen-bond acceptors (Lipinski definition) is 4. The normalized spacial score (nSPS) is 15.8. The molecule has 6 nitrogen and oxygen atoms in total. The Labute approximate surface area is 98.3 Å². The molecule has 1 aromatic rings. The molecule has 92 valence electrons. The SMILES string of the molecule is Cc1nc(=O)[nH]c(C)c1CC(=O)N1CC(O)C1. The second kappa shape index (κ2) is 4.29. The molecule has 2 rings (SSSR count). The standard InChI is InChI=1S/C11H15N3O3/c1-6-9(7(2)13-11(17)12-6)3-10(16)14-4-8(15)5-14/h8,15H,3-5H2,1-2H3,(H,12,13,17). The molecule has 0 unspecified atom stereocenters. The number of nitrogens with zero attached hydrogens (tertiary/aromatic N) is 2. The number of rotatable bonds is 2. The van der Waals surface area contributed by atoms with Gasteiger partial charge in [-0.2, -0.15) is 4.98 Å². The molecule has 1 amide bonds. The number of aromatic nitrogens is 2. The molecule has 2 heterocycles. The van der Waals surface area contributed by atoms with Crippen LogP contribution in [0.3, 0.4) is 0 Å². The number of aliphatic hydroxyl groups is 1. The summed E-state index contributed by atoms with van der Waals surface area (Å²) in [6.07, 6.45) is -0.177. The molecule has 0 bridgehead atoms. The fourth-order valence-electron chi connectivity index (χ4n) is 1.94. The maximum absolute atomic E-state index is 11.8. The number of carbonyl (C=O) groups is 1. The fourth-order valence-corrected chi connectivity index (χ4v) is 1.94. The Balaban J connectivity index is 2.13. The van der Waals surface area contributed by atoms with Crippen molar-refractivity contribution in [2.75, 3.05) is 13.1 Å². The van der Waals surface area contributed by atoms with Crippen molar-refractivity contribution in [3.05, 3.63) is 27.4 Å². The second-order valence-corrected chi connectivity index (χ2v) is 4.36. The summed E-state index contributed by atoms with van der Waals surface area (Å²) < 4.78 is 0. The smallest absolute Gasteiger partial charge is 0.345 e. The number of H-pyrrole nitrogens is 1. The topological polar surface area (TPSA) is 86.3 Å². The van der Waals surface area contributed by atoms with Crippen molar-refractivity contribution in [2.45, 2.75) is 26.4 Å². The fraction of sp³-hybridized carbons (Fsp3) is 0.545. The van der Waals surface area contributed by atoms with Gasteiger partial charge >= 0.3 is 5.69 Å².